The average Bonchev–Trinajstić information content (AvgIpc) is 2.62. The molecule has 1 amide bonds. The first kappa shape index (κ1) is 21.3. The van der Waals surface area contributed by atoms with Crippen molar-refractivity contribution in [2.45, 2.75) is 25.4 Å². The minimum atomic E-state index is -2.36. The summed E-state index contributed by atoms with van der Waals surface area (Å²) in [5.41, 5.74) is 0. The fraction of sp³-hybridized carbons (Fsp3) is 0.500. The Morgan fingerprint density at radius 3 is 1.88 bits per heavy atom. The van der Waals surface area contributed by atoms with Crippen molar-refractivity contribution in [1.82, 2.24) is 5.32 Å². The normalized spacial score (nSPS) is 11.5. The topological polar surface area (TPSA) is 56.8 Å². The molecule has 0 aliphatic rings. The Morgan fingerprint density at radius 2 is 1.44 bits per heavy atom. The zero-order valence-electron chi connectivity index (χ0n) is 13.9. The lowest BCUT2D eigenvalue weighted by molar-refractivity contribution is 0.193. The highest BCUT2D eigenvalue weighted by atomic mass is 28.4. The number of carbonyl (C=O) groups excluding carboxylic acids is 1. The molecule has 1 N–H and O–H groups in total. The van der Waals surface area contributed by atoms with Crippen molar-refractivity contribution in [2.24, 2.45) is 0 Å². The van der Waals surface area contributed by atoms with Crippen molar-refractivity contribution in [3.63, 3.8) is 0 Å². The molecule has 0 saturated carbocycles. The van der Waals surface area contributed by atoms with Gasteiger partial charge in [0.1, 0.15) is 0 Å². The van der Waals surface area contributed by atoms with E-state index in [2.05, 4.69) is 10.1 Å². The van der Waals surface area contributed by atoms with Gasteiger partial charge in [0.05, 0.1) is 0 Å². The fourth-order valence-corrected chi connectivity index (χ4v) is 4.33. The molecule has 0 radical (unpaired) electrons. The number of halogens is 5. The van der Waals surface area contributed by atoms with Crippen LogP contribution >= 0.6 is 0 Å². The number of rotatable bonds is 8. The summed E-state index contributed by atoms with van der Waals surface area (Å²) in [6.07, 6.45) is -0.935. The van der Waals surface area contributed by atoms with E-state index in [1.165, 1.54) is 14.2 Å². The molecule has 0 unspecified atom stereocenters. The predicted octanol–water partition coefficient (Wildman–Crippen LogP) is 3.62. The molecule has 0 aliphatic heterocycles. The minimum Gasteiger partial charge on any atom is -0.404 e. The van der Waals surface area contributed by atoms with Crippen molar-refractivity contribution in [2.75, 3.05) is 20.8 Å². The maximum Gasteiger partial charge on any atom is 0.412 e. The Kier molecular flexibility index (Phi) is 7.77. The molecule has 25 heavy (non-hydrogen) atoms. The molecule has 0 fully saturated rings. The molecule has 0 saturated heterocycles. The van der Waals surface area contributed by atoms with Crippen LogP contribution in [0.3, 0.4) is 0 Å². The molecule has 0 atom stereocenters. The van der Waals surface area contributed by atoms with Gasteiger partial charge in [-0.3, -0.25) is 0 Å². The molecule has 142 valence electrons. The number of nitrogens with one attached hydrogen (secondary N) is 1. The number of ether oxygens (including phenoxy) is 1. The SMILES string of the molecule is CC[Si](CCCNC(=O)Oc1c(F)c(F)c(F)c(F)c1F)(OC)OC. The molecule has 1 aromatic rings. The Morgan fingerprint density at radius 1 is 0.960 bits per heavy atom. The fourth-order valence-electron chi connectivity index (χ4n) is 2.10. The summed E-state index contributed by atoms with van der Waals surface area (Å²) < 4.78 is 80.6. The van der Waals surface area contributed by atoms with Crippen molar-refractivity contribution in [3.05, 3.63) is 29.1 Å². The smallest absolute Gasteiger partial charge is 0.404 e. The quantitative estimate of drug-likeness (QED) is 0.243. The van der Waals surface area contributed by atoms with E-state index in [0.717, 1.165) is 0 Å². The van der Waals surface area contributed by atoms with E-state index in [4.69, 9.17) is 8.85 Å². The van der Waals surface area contributed by atoms with E-state index in [1.807, 2.05) is 6.92 Å². The van der Waals surface area contributed by atoms with E-state index in [1.54, 1.807) is 0 Å². The molecule has 0 aliphatic carbocycles. The molecule has 5 nitrogen and oxygen atoms in total. The van der Waals surface area contributed by atoms with Crippen LogP contribution in [-0.4, -0.2) is 35.4 Å². The van der Waals surface area contributed by atoms with E-state index in [-0.39, 0.29) is 6.54 Å². The van der Waals surface area contributed by atoms with Crippen molar-refractivity contribution in [3.8, 4) is 5.75 Å². The van der Waals surface area contributed by atoms with E-state index in [9.17, 15) is 26.7 Å². The second-order valence-electron chi connectivity index (χ2n) is 4.99. The van der Waals surface area contributed by atoms with Gasteiger partial charge in [-0.15, -0.1) is 0 Å². The third-order valence-electron chi connectivity index (χ3n) is 3.65. The molecule has 1 aromatic carbocycles. The van der Waals surface area contributed by atoms with E-state index < -0.39 is 49.5 Å². The Hall–Kier alpha value is -1.72. The van der Waals surface area contributed by atoms with Crippen molar-refractivity contribution < 1.29 is 40.3 Å². The van der Waals surface area contributed by atoms with E-state index >= 15 is 0 Å². The van der Waals surface area contributed by atoms with Gasteiger partial charge in [-0.2, -0.15) is 8.78 Å². The summed E-state index contributed by atoms with van der Waals surface area (Å²) in [6, 6.07) is 1.20. The molecule has 0 spiro atoms. The van der Waals surface area contributed by atoms with Crippen LogP contribution in [0.5, 0.6) is 5.75 Å². The molecule has 1 rings (SSSR count). The summed E-state index contributed by atoms with van der Waals surface area (Å²) in [7, 11) is 0.680. The maximum absolute atomic E-state index is 13.4. The number of carbonyl (C=O) groups is 1. The van der Waals surface area contributed by atoms with E-state index in [0.29, 0.717) is 18.5 Å². The van der Waals surface area contributed by atoms with Crippen molar-refractivity contribution in [1.29, 1.82) is 0 Å². The monoisotopic (exact) mass is 387 g/mol. The van der Waals surface area contributed by atoms with Crippen LogP contribution in [0.1, 0.15) is 13.3 Å². The van der Waals surface area contributed by atoms with Gasteiger partial charge < -0.3 is 18.9 Å². The summed E-state index contributed by atoms with van der Waals surface area (Å²) in [4.78, 5) is 11.5. The van der Waals surface area contributed by atoms with Crippen LogP contribution in [0.25, 0.3) is 0 Å². The number of hydrogen-bond donors (Lipinski definition) is 1. The van der Waals surface area contributed by atoms with Crippen molar-refractivity contribution >= 4 is 14.7 Å². The summed E-state index contributed by atoms with van der Waals surface area (Å²) in [6.45, 7) is 1.93. The van der Waals surface area contributed by atoms with Gasteiger partial charge in [-0.1, -0.05) is 6.92 Å². The molecular formula is C14H18F5NO4Si. The third kappa shape index (κ3) is 4.89. The zero-order valence-corrected chi connectivity index (χ0v) is 14.9. The molecule has 0 aromatic heterocycles. The lowest BCUT2D eigenvalue weighted by atomic mass is 10.2. The van der Waals surface area contributed by atoms with Gasteiger partial charge >= 0.3 is 14.7 Å². The van der Waals surface area contributed by atoms with Crippen LogP contribution in [-0.2, 0) is 8.85 Å². The Bertz CT molecular complexity index is 590. The van der Waals surface area contributed by atoms with Gasteiger partial charge in [0.2, 0.25) is 34.8 Å². The van der Waals surface area contributed by atoms with Gasteiger partial charge in [0.15, 0.2) is 0 Å². The number of amides is 1. The summed E-state index contributed by atoms with van der Waals surface area (Å²) in [5, 5.41) is 2.16. The second kappa shape index (κ2) is 9.11. The van der Waals surface area contributed by atoms with Crippen LogP contribution in [0.2, 0.25) is 12.1 Å². The zero-order chi connectivity index (χ0) is 19.2. The first-order valence-corrected chi connectivity index (χ1v) is 9.53. The summed E-state index contributed by atoms with van der Waals surface area (Å²) in [5.74, 6) is -12.8. The molecule has 0 bridgehead atoms. The van der Waals surface area contributed by atoms with Gasteiger partial charge in [0.25, 0.3) is 0 Å². The predicted molar refractivity (Wildman–Crippen MR) is 79.9 cm³/mol. The molecular weight excluding hydrogens is 369 g/mol. The van der Waals surface area contributed by atoms with Crippen LogP contribution in [0.15, 0.2) is 0 Å². The second-order valence-corrected chi connectivity index (χ2v) is 8.84. The highest BCUT2D eigenvalue weighted by Crippen LogP contribution is 2.29. The maximum atomic E-state index is 13.4. The van der Waals surface area contributed by atoms with Crippen LogP contribution in [0, 0.1) is 29.1 Å². The van der Waals surface area contributed by atoms with Gasteiger partial charge in [0, 0.05) is 20.8 Å². The highest BCUT2D eigenvalue weighted by Gasteiger charge is 2.32. The minimum absolute atomic E-state index is 0.0374. The first-order chi connectivity index (χ1) is 11.7. The lowest BCUT2D eigenvalue weighted by Crippen LogP contribution is -2.40. The Labute approximate surface area is 142 Å². The van der Waals surface area contributed by atoms with Crippen LogP contribution < -0.4 is 10.1 Å². The van der Waals surface area contributed by atoms with Gasteiger partial charge in [-0.25, -0.2) is 18.0 Å². The lowest BCUT2D eigenvalue weighted by Gasteiger charge is -2.25. The van der Waals surface area contributed by atoms with Crippen LogP contribution in [0.4, 0.5) is 26.7 Å². The molecule has 0 heterocycles. The Balaban J connectivity index is 2.65. The third-order valence-corrected chi connectivity index (χ3v) is 7.33. The largest absolute Gasteiger partial charge is 0.412 e. The highest BCUT2D eigenvalue weighted by molar-refractivity contribution is 6.67. The summed E-state index contributed by atoms with van der Waals surface area (Å²) >= 11 is 0. The average molecular weight is 387 g/mol. The molecule has 11 heteroatoms. The standard InChI is InChI=1S/C14H18F5NO4Si/c1-4-25(22-2,23-3)7-5-6-20-14(21)24-13-11(18)9(16)8(15)10(17)12(13)19/h4-7H2,1-3H3,(H,20,21). The van der Waals surface area contributed by atoms with Gasteiger partial charge in [-0.05, 0) is 18.5 Å². The number of hydrogen-bond acceptors (Lipinski definition) is 4. The number of benzene rings is 1. The first-order valence-electron chi connectivity index (χ1n) is 7.30.